The fourth-order valence-electron chi connectivity index (χ4n) is 3.49. The van der Waals surface area contributed by atoms with Gasteiger partial charge in [0, 0.05) is 5.56 Å². The van der Waals surface area contributed by atoms with E-state index in [4.69, 9.17) is 16.0 Å². The Bertz CT molecular complexity index is 881. The molecule has 6 heteroatoms. The fraction of sp³-hybridized carbons (Fsp3) is 0.524. The molecule has 146 valence electrons. The van der Waals surface area contributed by atoms with Crippen molar-refractivity contribution in [1.82, 2.24) is 9.55 Å². The van der Waals surface area contributed by atoms with Gasteiger partial charge in [-0.2, -0.15) is 0 Å². The number of benzene rings is 1. The maximum Gasteiger partial charge on any atom is 0.192 e. The van der Waals surface area contributed by atoms with E-state index < -0.39 is 13.7 Å². The topological polar surface area (TPSA) is 44.1 Å². The van der Waals surface area contributed by atoms with Gasteiger partial charge in [-0.3, -0.25) is 4.79 Å². The molecule has 27 heavy (non-hydrogen) atoms. The number of aromatic nitrogens is 2. The van der Waals surface area contributed by atoms with Crippen molar-refractivity contribution >= 4 is 25.7 Å². The third-order valence-corrected chi connectivity index (χ3v) is 11.0. The van der Waals surface area contributed by atoms with E-state index in [9.17, 15) is 4.79 Å². The van der Waals surface area contributed by atoms with Crippen LogP contribution in [0, 0.1) is 5.41 Å². The summed E-state index contributed by atoms with van der Waals surface area (Å²) in [6.45, 7) is 15.6. The first-order chi connectivity index (χ1) is 12.4. The zero-order chi connectivity index (χ0) is 20.2. The molecule has 0 N–H and O–H groups in total. The highest BCUT2D eigenvalue weighted by molar-refractivity contribution is 6.74. The number of Topliss-reactive ketones (excluding diaryl/α,β-unsaturated/α-hetero) is 1. The zero-order valence-electron chi connectivity index (χ0n) is 17.3. The molecule has 0 amide bonds. The number of hydrogen-bond acceptors (Lipinski definition) is 3. The third kappa shape index (κ3) is 3.30. The standard InChI is InChI=1S/C21H29ClN2O2Si/c1-20(2,3)27(6,7)26-12-14-11-23-13-24(14)18-15-9-8-10-16(22)17(15)19(25)21(18,4)5/h8-11,13,18H,12H2,1-7H3. The van der Waals surface area contributed by atoms with Gasteiger partial charge in [-0.1, -0.05) is 58.4 Å². The molecule has 4 nitrogen and oxygen atoms in total. The van der Waals surface area contributed by atoms with Crippen molar-refractivity contribution < 1.29 is 9.22 Å². The maximum absolute atomic E-state index is 13.1. The van der Waals surface area contributed by atoms with E-state index in [1.54, 1.807) is 12.4 Å². The molecule has 1 atom stereocenters. The number of imidazole rings is 1. The second-order valence-corrected chi connectivity index (χ2v) is 14.7. The summed E-state index contributed by atoms with van der Waals surface area (Å²) in [6, 6.07) is 5.55. The Kier molecular flexibility index (Phi) is 4.94. The lowest BCUT2D eigenvalue weighted by Gasteiger charge is -2.36. The molecule has 0 saturated heterocycles. The van der Waals surface area contributed by atoms with Gasteiger partial charge in [-0.15, -0.1) is 0 Å². The van der Waals surface area contributed by atoms with Crippen LogP contribution in [-0.2, 0) is 11.0 Å². The molecule has 1 unspecified atom stereocenters. The lowest BCUT2D eigenvalue weighted by Crippen LogP contribution is -2.40. The molecule has 3 rings (SSSR count). The van der Waals surface area contributed by atoms with Crippen molar-refractivity contribution in [3.05, 3.63) is 52.6 Å². The Morgan fingerprint density at radius 3 is 2.59 bits per heavy atom. The number of halogens is 1. The van der Waals surface area contributed by atoms with Gasteiger partial charge in [0.05, 0.1) is 41.3 Å². The third-order valence-electron chi connectivity index (χ3n) is 6.25. The average Bonchev–Trinajstić information content (AvgIpc) is 3.06. The van der Waals surface area contributed by atoms with Crippen LogP contribution in [-0.4, -0.2) is 23.7 Å². The van der Waals surface area contributed by atoms with Crippen LogP contribution in [0.2, 0.25) is 23.2 Å². The summed E-state index contributed by atoms with van der Waals surface area (Å²) in [5.74, 6) is 0.0815. The van der Waals surface area contributed by atoms with E-state index in [1.165, 1.54) is 0 Å². The molecule has 1 heterocycles. The number of rotatable bonds is 4. The van der Waals surface area contributed by atoms with Crippen molar-refractivity contribution in [2.45, 2.75) is 65.4 Å². The van der Waals surface area contributed by atoms with E-state index in [-0.39, 0.29) is 16.9 Å². The minimum atomic E-state index is -1.88. The minimum absolute atomic E-state index is 0.0815. The monoisotopic (exact) mass is 404 g/mol. The van der Waals surface area contributed by atoms with Crippen LogP contribution in [0.1, 0.15) is 62.3 Å². The molecule has 0 aliphatic heterocycles. The van der Waals surface area contributed by atoms with Crippen LogP contribution in [0.4, 0.5) is 0 Å². The second kappa shape index (κ2) is 6.57. The molecule has 0 spiro atoms. The van der Waals surface area contributed by atoms with E-state index in [0.29, 0.717) is 17.2 Å². The van der Waals surface area contributed by atoms with Crippen molar-refractivity contribution in [1.29, 1.82) is 0 Å². The van der Waals surface area contributed by atoms with Crippen molar-refractivity contribution in [2.24, 2.45) is 5.41 Å². The maximum atomic E-state index is 13.1. The Labute approximate surface area is 168 Å². The number of hydrogen-bond donors (Lipinski definition) is 0. The highest BCUT2D eigenvalue weighted by Crippen LogP contribution is 2.49. The molecule has 1 aliphatic carbocycles. The summed E-state index contributed by atoms with van der Waals surface area (Å²) in [5, 5.41) is 0.660. The van der Waals surface area contributed by atoms with E-state index >= 15 is 0 Å². The highest BCUT2D eigenvalue weighted by Gasteiger charge is 2.49. The first kappa shape index (κ1) is 20.3. The summed E-state index contributed by atoms with van der Waals surface area (Å²) in [6.07, 6.45) is 3.65. The summed E-state index contributed by atoms with van der Waals surface area (Å²) in [7, 11) is -1.88. The van der Waals surface area contributed by atoms with Crippen LogP contribution in [0.5, 0.6) is 0 Å². The Morgan fingerprint density at radius 2 is 1.96 bits per heavy atom. The van der Waals surface area contributed by atoms with E-state index in [1.807, 2.05) is 32.2 Å². The Balaban J connectivity index is 1.99. The number of carbonyl (C=O) groups excluding carboxylic acids is 1. The second-order valence-electron chi connectivity index (χ2n) is 9.50. The van der Waals surface area contributed by atoms with Gasteiger partial charge in [0.15, 0.2) is 14.1 Å². The summed E-state index contributed by atoms with van der Waals surface area (Å²) >= 11 is 6.36. The zero-order valence-corrected chi connectivity index (χ0v) is 19.0. The molecule has 2 aromatic rings. The van der Waals surface area contributed by atoms with E-state index in [2.05, 4.69) is 43.4 Å². The molecular formula is C21H29ClN2O2Si. The van der Waals surface area contributed by atoms with Crippen LogP contribution in [0.25, 0.3) is 0 Å². The molecular weight excluding hydrogens is 376 g/mol. The molecule has 0 fully saturated rings. The fourth-order valence-corrected chi connectivity index (χ4v) is 4.70. The largest absolute Gasteiger partial charge is 0.411 e. The molecule has 1 aromatic carbocycles. The first-order valence-electron chi connectivity index (χ1n) is 9.36. The number of fused-ring (bicyclic) bond motifs is 1. The van der Waals surface area contributed by atoms with Gasteiger partial charge >= 0.3 is 0 Å². The minimum Gasteiger partial charge on any atom is -0.411 e. The van der Waals surface area contributed by atoms with Gasteiger partial charge in [-0.25, -0.2) is 4.98 Å². The smallest absolute Gasteiger partial charge is 0.192 e. The van der Waals surface area contributed by atoms with Crippen molar-refractivity contribution in [2.75, 3.05) is 0 Å². The molecule has 1 aromatic heterocycles. The van der Waals surface area contributed by atoms with Gasteiger partial charge in [0.1, 0.15) is 0 Å². The van der Waals surface area contributed by atoms with Crippen LogP contribution < -0.4 is 0 Å². The van der Waals surface area contributed by atoms with Crippen LogP contribution in [0.15, 0.2) is 30.7 Å². The van der Waals surface area contributed by atoms with Gasteiger partial charge in [0.2, 0.25) is 0 Å². The van der Waals surface area contributed by atoms with Crippen molar-refractivity contribution in [3.8, 4) is 0 Å². The Hall–Kier alpha value is -1.43. The van der Waals surface area contributed by atoms with Crippen LogP contribution >= 0.6 is 11.6 Å². The summed E-state index contributed by atoms with van der Waals surface area (Å²) in [4.78, 5) is 17.4. The van der Waals surface area contributed by atoms with Crippen molar-refractivity contribution in [3.63, 3.8) is 0 Å². The van der Waals surface area contributed by atoms with Gasteiger partial charge < -0.3 is 8.99 Å². The molecule has 0 radical (unpaired) electrons. The van der Waals surface area contributed by atoms with Gasteiger partial charge in [0.25, 0.3) is 0 Å². The number of carbonyl (C=O) groups is 1. The number of nitrogens with zero attached hydrogens (tertiary/aromatic N) is 2. The quantitative estimate of drug-likeness (QED) is 0.598. The number of ketones is 1. The first-order valence-corrected chi connectivity index (χ1v) is 12.6. The predicted molar refractivity (Wildman–Crippen MR) is 112 cm³/mol. The molecule has 0 bridgehead atoms. The average molecular weight is 405 g/mol. The summed E-state index contributed by atoms with van der Waals surface area (Å²) < 4.78 is 8.50. The van der Waals surface area contributed by atoms with Crippen LogP contribution in [0.3, 0.4) is 0 Å². The normalized spacial score (nSPS) is 19.4. The van der Waals surface area contributed by atoms with E-state index in [0.717, 1.165) is 11.3 Å². The SMILES string of the molecule is CC1(C)C(=O)c2c(Cl)cccc2C1n1cncc1CO[Si](C)(C)C(C)(C)C. The lowest BCUT2D eigenvalue weighted by molar-refractivity contribution is 0.0817. The Morgan fingerprint density at radius 1 is 1.30 bits per heavy atom. The highest BCUT2D eigenvalue weighted by atomic mass is 35.5. The van der Waals surface area contributed by atoms with Gasteiger partial charge in [-0.05, 0) is 29.8 Å². The molecule has 1 aliphatic rings. The summed E-state index contributed by atoms with van der Waals surface area (Å²) in [5.41, 5.74) is 1.99. The lowest BCUT2D eigenvalue weighted by atomic mass is 9.84. The predicted octanol–water partition coefficient (Wildman–Crippen LogP) is 5.87. The molecule has 0 saturated carbocycles.